The molecule has 0 aliphatic rings. The Morgan fingerprint density at radius 3 is 2.65 bits per heavy atom. The van der Waals surface area contributed by atoms with Gasteiger partial charge in [-0.1, -0.05) is 0 Å². The zero-order chi connectivity index (χ0) is 18.9. The van der Waals surface area contributed by atoms with Gasteiger partial charge in [0, 0.05) is 18.3 Å². The first kappa shape index (κ1) is 19.2. The predicted molar refractivity (Wildman–Crippen MR) is 99.8 cm³/mol. The molecule has 0 radical (unpaired) electrons. The lowest BCUT2D eigenvalue weighted by Gasteiger charge is -2.14. The number of amides is 1. The number of furan rings is 1. The molecule has 140 valence electrons. The van der Waals surface area contributed by atoms with Gasteiger partial charge in [0.05, 0.1) is 13.7 Å². The minimum atomic E-state index is -0.605. The molecule has 1 amide bonds. The van der Waals surface area contributed by atoms with Crippen LogP contribution in [0.3, 0.4) is 0 Å². The number of benzene rings is 1. The van der Waals surface area contributed by atoms with Crippen LogP contribution in [0.5, 0.6) is 11.5 Å². The summed E-state index contributed by atoms with van der Waals surface area (Å²) in [7, 11) is 1.59. The zero-order valence-corrected chi connectivity index (χ0v) is 15.2. The van der Waals surface area contributed by atoms with E-state index in [1.165, 1.54) is 6.07 Å². The number of hydrogen-bond donors (Lipinski definition) is 3. The average Bonchev–Trinajstić information content (AvgIpc) is 3.10. The van der Waals surface area contributed by atoms with Crippen LogP contribution in [0.4, 0.5) is 5.69 Å². The fraction of sp³-hybridized carbons (Fsp3) is 0.333. The topological polar surface area (TPSA) is 111 Å². The predicted octanol–water partition coefficient (Wildman–Crippen LogP) is 2.36. The molecule has 8 nitrogen and oxygen atoms in total. The maximum Gasteiger partial charge on any atom is 0.284 e. The van der Waals surface area contributed by atoms with Crippen LogP contribution in [0, 0.1) is 0 Å². The molecule has 0 saturated carbocycles. The van der Waals surface area contributed by atoms with Gasteiger partial charge in [-0.05, 0) is 38.1 Å². The third-order valence-electron chi connectivity index (χ3n) is 3.37. The first-order chi connectivity index (χ1) is 12.6. The number of hydrogen-bond acceptors (Lipinski definition) is 5. The number of guanidine groups is 1. The highest BCUT2D eigenvalue weighted by molar-refractivity contribution is 5.94. The Bertz CT molecular complexity index is 770. The molecular formula is C18H24N4O4. The summed E-state index contributed by atoms with van der Waals surface area (Å²) < 4.78 is 16.2. The molecule has 0 aliphatic carbocycles. The first-order valence-electron chi connectivity index (χ1n) is 8.32. The number of nitrogens with zero attached hydrogens (tertiary/aromatic N) is 1. The van der Waals surface area contributed by atoms with Gasteiger partial charge in [0.1, 0.15) is 12.3 Å². The van der Waals surface area contributed by atoms with E-state index in [1.54, 1.807) is 13.2 Å². The molecule has 1 heterocycles. The third-order valence-corrected chi connectivity index (χ3v) is 3.37. The summed E-state index contributed by atoms with van der Waals surface area (Å²) in [6.45, 7) is 5.39. The number of nitrogens with two attached hydrogens (primary N) is 1. The van der Waals surface area contributed by atoms with E-state index in [1.807, 2.05) is 32.0 Å². The van der Waals surface area contributed by atoms with Gasteiger partial charge in [0.15, 0.2) is 23.2 Å². The molecule has 0 spiro atoms. The van der Waals surface area contributed by atoms with Gasteiger partial charge in [0.2, 0.25) is 0 Å². The maximum atomic E-state index is 11.1. The van der Waals surface area contributed by atoms with Gasteiger partial charge < -0.3 is 30.3 Å². The van der Waals surface area contributed by atoms with Crippen LogP contribution in [0.15, 0.2) is 39.7 Å². The Hall–Kier alpha value is -3.16. The van der Waals surface area contributed by atoms with Crippen molar-refractivity contribution in [2.75, 3.05) is 25.6 Å². The summed E-state index contributed by atoms with van der Waals surface area (Å²) in [5, 5.41) is 6.34. The van der Waals surface area contributed by atoms with E-state index in [0.717, 1.165) is 5.69 Å². The molecule has 0 bridgehead atoms. The van der Waals surface area contributed by atoms with E-state index >= 15 is 0 Å². The zero-order valence-electron chi connectivity index (χ0n) is 15.2. The van der Waals surface area contributed by atoms with Crippen LogP contribution in [0.25, 0.3) is 0 Å². The fourth-order valence-electron chi connectivity index (χ4n) is 2.22. The number of methoxy groups -OCH3 is 1. The average molecular weight is 360 g/mol. The standard InChI is InChI=1S/C18H24N4O4/c1-4-20-18(21-11-13-7-9-15(26-13)17(19)23)22-12-6-8-14(25-5-2)16(10-12)24-3/h6-10H,4-5,11H2,1-3H3,(H2,19,23)(H2,20,21,22). The summed E-state index contributed by atoms with van der Waals surface area (Å²) in [5.74, 6) is 1.93. The van der Waals surface area contributed by atoms with Crippen molar-refractivity contribution in [1.29, 1.82) is 0 Å². The fourth-order valence-corrected chi connectivity index (χ4v) is 2.22. The second-order valence-electron chi connectivity index (χ2n) is 5.25. The summed E-state index contributed by atoms with van der Waals surface area (Å²) >= 11 is 0. The molecule has 0 unspecified atom stereocenters. The Balaban J connectivity index is 2.12. The molecule has 0 atom stereocenters. The number of carbonyl (C=O) groups is 1. The smallest absolute Gasteiger partial charge is 0.284 e. The normalized spacial score (nSPS) is 11.1. The lowest BCUT2D eigenvalue weighted by atomic mass is 10.2. The highest BCUT2D eigenvalue weighted by atomic mass is 16.5. The summed E-state index contributed by atoms with van der Waals surface area (Å²) in [5.41, 5.74) is 5.97. The Morgan fingerprint density at radius 2 is 2.04 bits per heavy atom. The number of nitrogens with one attached hydrogen (secondary N) is 2. The number of primary amides is 1. The van der Waals surface area contributed by atoms with Crippen molar-refractivity contribution in [3.05, 3.63) is 41.9 Å². The molecule has 2 aromatic rings. The van der Waals surface area contributed by atoms with Crippen molar-refractivity contribution in [1.82, 2.24) is 5.32 Å². The van der Waals surface area contributed by atoms with Crippen molar-refractivity contribution in [2.45, 2.75) is 20.4 Å². The van der Waals surface area contributed by atoms with Crippen LogP contribution in [0.1, 0.15) is 30.2 Å². The number of anilines is 1. The van der Waals surface area contributed by atoms with Crippen LogP contribution in [-0.4, -0.2) is 32.1 Å². The quantitative estimate of drug-likeness (QED) is 0.492. The Labute approximate surface area is 152 Å². The van der Waals surface area contributed by atoms with Gasteiger partial charge in [0.25, 0.3) is 5.91 Å². The molecular weight excluding hydrogens is 336 g/mol. The monoisotopic (exact) mass is 360 g/mol. The first-order valence-corrected chi connectivity index (χ1v) is 8.32. The second kappa shape index (κ2) is 9.36. The lowest BCUT2D eigenvalue weighted by molar-refractivity contribution is 0.0972. The minimum absolute atomic E-state index is 0.115. The maximum absolute atomic E-state index is 11.1. The van der Waals surface area contributed by atoms with Crippen molar-refractivity contribution in [3.8, 4) is 11.5 Å². The van der Waals surface area contributed by atoms with Crippen LogP contribution < -0.4 is 25.8 Å². The highest BCUT2D eigenvalue weighted by Gasteiger charge is 2.09. The van der Waals surface area contributed by atoms with Crippen LogP contribution in [0.2, 0.25) is 0 Å². The van der Waals surface area contributed by atoms with E-state index in [0.29, 0.717) is 36.4 Å². The molecule has 26 heavy (non-hydrogen) atoms. The van der Waals surface area contributed by atoms with Gasteiger partial charge in [-0.25, -0.2) is 4.99 Å². The van der Waals surface area contributed by atoms with Crippen molar-refractivity contribution in [3.63, 3.8) is 0 Å². The molecule has 0 saturated heterocycles. The summed E-state index contributed by atoms with van der Waals surface area (Å²) in [6, 6.07) is 8.74. The number of rotatable bonds is 8. The number of aliphatic imine (C=N–C) groups is 1. The Morgan fingerprint density at radius 1 is 1.23 bits per heavy atom. The number of carbonyl (C=O) groups excluding carboxylic acids is 1. The van der Waals surface area contributed by atoms with Gasteiger partial charge in [-0.2, -0.15) is 0 Å². The molecule has 0 fully saturated rings. The van der Waals surface area contributed by atoms with E-state index in [2.05, 4.69) is 15.6 Å². The molecule has 0 aliphatic heterocycles. The Kier molecular flexibility index (Phi) is 6.90. The molecule has 4 N–H and O–H groups in total. The summed E-state index contributed by atoms with van der Waals surface area (Å²) in [4.78, 5) is 15.5. The van der Waals surface area contributed by atoms with Gasteiger partial charge >= 0.3 is 0 Å². The van der Waals surface area contributed by atoms with Gasteiger partial charge in [-0.15, -0.1) is 0 Å². The lowest BCUT2D eigenvalue weighted by Crippen LogP contribution is -2.30. The molecule has 1 aromatic carbocycles. The summed E-state index contributed by atoms with van der Waals surface area (Å²) in [6.07, 6.45) is 0. The molecule has 8 heteroatoms. The highest BCUT2D eigenvalue weighted by Crippen LogP contribution is 2.30. The molecule has 1 aromatic heterocycles. The van der Waals surface area contributed by atoms with Crippen molar-refractivity contribution >= 4 is 17.6 Å². The minimum Gasteiger partial charge on any atom is -0.493 e. The molecule has 2 rings (SSSR count). The van der Waals surface area contributed by atoms with Crippen molar-refractivity contribution in [2.24, 2.45) is 10.7 Å². The van der Waals surface area contributed by atoms with E-state index in [4.69, 9.17) is 19.6 Å². The van der Waals surface area contributed by atoms with Crippen LogP contribution >= 0.6 is 0 Å². The largest absolute Gasteiger partial charge is 0.493 e. The van der Waals surface area contributed by atoms with E-state index < -0.39 is 5.91 Å². The van der Waals surface area contributed by atoms with Crippen molar-refractivity contribution < 1.29 is 18.7 Å². The van der Waals surface area contributed by atoms with Gasteiger partial charge in [-0.3, -0.25) is 4.79 Å². The van der Waals surface area contributed by atoms with E-state index in [9.17, 15) is 4.79 Å². The van der Waals surface area contributed by atoms with E-state index in [-0.39, 0.29) is 12.3 Å². The SMILES string of the molecule is CCNC(=NCc1ccc(C(N)=O)o1)Nc1ccc(OCC)c(OC)c1. The third kappa shape index (κ3) is 5.17. The van der Waals surface area contributed by atoms with Crippen LogP contribution in [-0.2, 0) is 6.54 Å². The second-order valence-corrected chi connectivity index (χ2v) is 5.25. The number of ether oxygens (including phenoxy) is 2.